The molecular formula is C14H17NO. The first-order chi connectivity index (χ1) is 7.93. The van der Waals surface area contributed by atoms with Crippen molar-refractivity contribution in [2.45, 2.75) is 19.3 Å². The van der Waals surface area contributed by atoms with Crippen molar-refractivity contribution < 1.29 is 4.42 Å². The van der Waals surface area contributed by atoms with E-state index in [2.05, 4.69) is 17.4 Å². The fraction of sp³-hybridized carbons (Fsp3) is 0.429. The normalized spacial score (nSPS) is 18.0. The molecular weight excluding hydrogens is 198 g/mol. The Balaban J connectivity index is 1.83. The predicted molar refractivity (Wildman–Crippen MR) is 65.5 cm³/mol. The van der Waals surface area contributed by atoms with Crippen molar-refractivity contribution >= 4 is 11.0 Å². The maximum Gasteiger partial charge on any atom is 0.134 e. The Labute approximate surface area is 95.6 Å². The minimum atomic E-state index is 0.822. The molecule has 1 aliphatic rings. The summed E-state index contributed by atoms with van der Waals surface area (Å²) in [5, 5.41) is 4.70. The van der Waals surface area contributed by atoms with Gasteiger partial charge in [-0.05, 0) is 49.9 Å². The van der Waals surface area contributed by atoms with Crippen LogP contribution in [0.3, 0.4) is 0 Å². The van der Waals surface area contributed by atoms with E-state index < -0.39 is 0 Å². The molecule has 2 nitrogen and oxygen atoms in total. The summed E-state index contributed by atoms with van der Waals surface area (Å²) in [7, 11) is 0. The average molecular weight is 215 g/mol. The second kappa shape index (κ2) is 4.30. The highest BCUT2D eigenvalue weighted by molar-refractivity contribution is 5.80. The Kier molecular flexibility index (Phi) is 2.66. The third-order valence-electron chi connectivity index (χ3n) is 3.53. The topological polar surface area (TPSA) is 25.2 Å². The molecule has 1 saturated heterocycles. The highest BCUT2D eigenvalue weighted by Crippen LogP contribution is 2.25. The van der Waals surface area contributed by atoms with Crippen molar-refractivity contribution in [2.75, 3.05) is 13.1 Å². The van der Waals surface area contributed by atoms with Gasteiger partial charge in [0.15, 0.2) is 0 Å². The van der Waals surface area contributed by atoms with Gasteiger partial charge in [0.2, 0.25) is 0 Å². The molecule has 1 N–H and O–H groups in total. The molecule has 1 aromatic carbocycles. The Bertz CT molecular complexity index is 468. The molecule has 16 heavy (non-hydrogen) atoms. The summed E-state index contributed by atoms with van der Waals surface area (Å²) in [6.45, 7) is 2.33. The first-order valence-electron chi connectivity index (χ1n) is 6.09. The minimum absolute atomic E-state index is 0.822. The van der Waals surface area contributed by atoms with E-state index in [0.717, 1.165) is 11.5 Å². The summed E-state index contributed by atoms with van der Waals surface area (Å²) in [5.74, 6) is 0.822. The van der Waals surface area contributed by atoms with Crippen LogP contribution < -0.4 is 5.32 Å². The Morgan fingerprint density at radius 3 is 2.88 bits per heavy atom. The summed E-state index contributed by atoms with van der Waals surface area (Å²) >= 11 is 0. The maximum absolute atomic E-state index is 5.57. The SMILES string of the molecule is c1ccc2c(CC3CCNCC3)coc2c1. The zero-order valence-electron chi connectivity index (χ0n) is 9.41. The third kappa shape index (κ3) is 1.85. The molecule has 0 atom stereocenters. The van der Waals surface area contributed by atoms with Crippen LogP contribution in [0.15, 0.2) is 34.9 Å². The molecule has 0 aliphatic carbocycles. The van der Waals surface area contributed by atoms with Gasteiger partial charge in [0, 0.05) is 5.39 Å². The van der Waals surface area contributed by atoms with Crippen molar-refractivity contribution in [1.29, 1.82) is 0 Å². The molecule has 1 aliphatic heterocycles. The van der Waals surface area contributed by atoms with Crippen LogP contribution >= 0.6 is 0 Å². The van der Waals surface area contributed by atoms with Crippen LogP contribution in [0.2, 0.25) is 0 Å². The molecule has 0 saturated carbocycles. The van der Waals surface area contributed by atoms with Crippen molar-refractivity contribution in [2.24, 2.45) is 5.92 Å². The number of fused-ring (bicyclic) bond motifs is 1. The van der Waals surface area contributed by atoms with E-state index in [4.69, 9.17) is 4.42 Å². The van der Waals surface area contributed by atoms with Gasteiger partial charge in [-0.1, -0.05) is 18.2 Å². The van der Waals surface area contributed by atoms with Gasteiger partial charge in [-0.25, -0.2) is 0 Å². The van der Waals surface area contributed by atoms with E-state index in [1.807, 2.05) is 18.4 Å². The summed E-state index contributed by atoms with van der Waals surface area (Å²) in [6.07, 6.45) is 5.68. The lowest BCUT2D eigenvalue weighted by atomic mass is 9.91. The highest BCUT2D eigenvalue weighted by Gasteiger charge is 2.15. The van der Waals surface area contributed by atoms with Crippen LogP contribution in [0.25, 0.3) is 11.0 Å². The fourth-order valence-electron chi connectivity index (χ4n) is 2.59. The van der Waals surface area contributed by atoms with Crippen molar-refractivity contribution in [1.82, 2.24) is 5.32 Å². The molecule has 0 bridgehead atoms. The van der Waals surface area contributed by atoms with Gasteiger partial charge in [0.1, 0.15) is 5.58 Å². The standard InChI is InChI=1S/C14H17NO/c1-2-4-14-13(3-1)12(10-16-14)9-11-5-7-15-8-6-11/h1-4,10-11,15H,5-9H2. The van der Waals surface area contributed by atoms with Crippen LogP contribution in [0.5, 0.6) is 0 Å². The number of piperidine rings is 1. The molecule has 2 heteroatoms. The Morgan fingerprint density at radius 1 is 1.19 bits per heavy atom. The van der Waals surface area contributed by atoms with Crippen LogP contribution in [0.4, 0.5) is 0 Å². The van der Waals surface area contributed by atoms with E-state index in [1.165, 1.54) is 43.3 Å². The maximum atomic E-state index is 5.57. The summed E-state index contributed by atoms with van der Waals surface area (Å²) in [5.41, 5.74) is 2.40. The average Bonchev–Trinajstić information content (AvgIpc) is 2.74. The minimum Gasteiger partial charge on any atom is -0.464 e. The largest absolute Gasteiger partial charge is 0.464 e. The van der Waals surface area contributed by atoms with E-state index >= 15 is 0 Å². The van der Waals surface area contributed by atoms with Crippen molar-refractivity contribution in [3.8, 4) is 0 Å². The number of benzene rings is 1. The number of hydrogen-bond acceptors (Lipinski definition) is 2. The quantitative estimate of drug-likeness (QED) is 0.833. The summed E-state index contributed by atoms with van der Waals surface area (Å²) in [4.78, 5) is 0. The number of nitrogens with one attached hydrogen (secondary N) is 1. The van der Waals surface area contributed by atoms with Crippen LogP contribution in [-0.4, -0.2) is 13.1 Å². The van der Waals surface area contributed by atoms with Gasteiger partial charge in [0.05, 0.1) is 6.26 Å². The molecule has 0 amide bonds. The van der Waals surface area contributed by atoms with Gasteiger partial charge in [0.25, 0.3) is 0 Å². The first-order valence-corrected chi connectivity index (χ1v) is 6.09. The van der Waals surface area contributed by atoms with Crippen molar-refractivity contribution in [3.63, 3.8) is 0 Å². The van der Waals surface area contributed by atoms with Crippen LogP contribution in [0, 0.1) is 5.92 Å². The first kappa shape index (κ1) is 9.91. The van der Waals surface area contributed by atoms with Gasteiger partial charge in [-0.3, -0.25) is 0 Å². The Morgan fingerprint density at radius 2 is 2.00 bits per heavy atom. The second-order valence-corrected chi connectivity index (χ2v) is 4.65. The van der Waals surface area contributed by atoms with E-state index in [9.17, 15) is 0 Å². The van der Waals surface area contributed by atoms with E-state index in [0.29, 0.717) is 0 Å². The molecule has 84 valence electrons. The number of para-hydroxylation sites is 1. The molecule has 0 radical (unpaired) electrons. The lowest BCUT2D eigenvalue weighted by Crippen LogP contribution is -2.28. The molecule has 2 heterocycles. The van der Waals surface area contributed by atoms with E-state index in [-0.39, 0.29) is 0 Å². The molecule has 3 rings (SSSR count). The molecule has 1 fully saturated rings. The summed E-state index contributed by atoms with van der Waals surface area (Å²) in [6, 6.07) is 8.32. The second-order valence-electron chi connectivity index (χ2n) is 4.65. The Hall–Kier alpha value is -1.28. The molecule has 1 aromatic heterocycles. The van der Waals surface area contributed by atoms with Crippen molar-refractivity contribution in [3.05, 3.63) is 36.1 Å². The third-order valence-corrected chi connectivity index (χ3v) is 3.53. The zero-order chi connectivity index (χ0) is 10.8. The smallest absolute Gasteiger partial charge is 0.134 e. The van der Waals surface area contributed by atoms with Crippen LogP contribution in [0.1, 0.15) is 18.4 Å². The molecule has 2 aromatic rings. The number of hydrogen-bond donors (Lipinski definition) is 1. The monoisotopic (exact) mass is 215 g/mol. The van der Waals surface area contributed by atoms with Crippen LogP contribution in [-0.2, 0) is 6.42 Å². The zero-order valence-corrected chi connectivity index (χ0v) is 9.41. The van der Waals surface area contributed by atoms with Gasteiger partial charge in [-0.2, -0.15) is 0 Å². The lowest BCUT2D eigenvalue weighted by Gasteiger charge is -2.21. The highest BCUT2D eigenvalue weighted by atomic mass is 16.3. The number of furan rings is 1. The van der Waals surface area contributed by atoms with Gasteiger partial charge < -0.3 is 9.73 Å². The lowest BCUT2D eigenvalue weighted by molar-refractivity contribution is 0.372. The van der Waals surface area contributed by atoms with Gasteiger partial charge in [-0.15, -0.1) is 0 Å². The number of rotatable bonds is 2. The summed E-state index contributed by atoms with van der Waals surface area (Å²) < 4.78 is 5.57. The van der Waals surface area contributed by atoms with E-state index in [1.54, 1.807) is 0 Å². The van der Waals surface area contributed by atoms with Gasteiger partial charge >= 0.3 is 0 Å². The fourth-order valence-corrected chi connectivity index (χ4v) is 2.59. The molecule has 0 unspecified atom stereocenters. The molecule has 0 spiro atoms. The predicted octanol–water partition coefficient (Wildman–Crippen LogP) is 2.97.